The average Bonchev–Trinajstić information content (AvgIpc) is 2.60. The Labute approximate surface area is 161 Å². The molecule has 1 aliphatic heterocycles. The van der Waals surface area contributed by atoms with E-state index in [4.69, 9.17) is 40.5 Å². The highest BCUT2D eigenvalue weighted by Gasteiger charge is 2.17. The fraction of sp³-hybridized carbons (Fsp3) is 0.278. The molecule has 7 heteroatoms. The summed E-state index contributed by atoms with van der Waals surface area (Å²) in [4.78, 5) is 14.7. The van der Waals surface area contributed by atoms with Gasteiger partial charge in [-0.2, -0.15) is 0 Å². The number of nitrogens with one attached hydrogen (secondary N) is 1. The van der Waals surface area contributed by atoms with Crippen LogP contribution in [0, 0.1) is 0 Å². The number of nitrogens with zero attached hydrogens (tertiary/aromatic N) is 1. The first-order chi connectivity index (χ1) is 12.0. The number of nitrogen functional groups attached to an aromatic ring is 1. The average molecular weight is 399 g/mol. The molecule has 2 aromatic carbocycles. The van der Waals surface area contributed by atoms with Crippen LogP contribution in [0.15, 0.2) is 30.3 Å². The van der Waals surface area contributed by atoms with Gasteiger partial charge in [-0.25, -0.2) is 0 Å². The van der Waals surface area contributed by atoms with Gasteiger partial charge in [0.1, 0.15) is 0 Å². The van der Waals surface area contributed by atoms with E-state index in [1.807, 2.05) is 6.07 Å². The summed E-state index contributed by atoms with van der Waals surface area (Å²) in [5, 5.41) is 3.94. The first kappa shape index (κ1) is 18.2. The van der Waals surface area contributed by atoms with E-state index in [-0.39, 0.29) is 5.91 Å². The van der Waals surface area contributed by atoms with E-state index in [1.165, 1.54) is 12.5 Å². The highest BCUT2D eigenvalue weighted by molar-refractivity contribution is 6.42. The summed E-state index contributed by atoms with van der Waals surface area (Å²) in [5.41, 5.74) is 8.56. The second-order valence-electron chi connectivity index (χ2n) is 6.02. The number of carbonyl (C=O) groups is 1. The quantitative estimate of drug-likeness (QED) is 0.674. The molecule has 1 saturated heterocycles. The van der Waals surface area contributed by atoms with E-state index in [1.54, 1.807) is 18.2 Å². The Kier molecular flexibility index (Phi) is 5.62. The summed E-state index contributed by atoms with van der Waals surface area (Å²) in [5.74, 6) is -0.310. The van der Waals surface area contributed by atoms with Gasteiger partial charge in [-0.3, -0.25) is 4.79 Å². The molecule has 25 heavy (non-hydrogen) atoms. The number of piperidine rings is 1. The minimum Gasteiger partial charge on any atom is -0.397 e. The normalized spacial score (nSPS) is 14.4. The van der Waals surface area contributed by atoms with E-state index < -0.39 is 0 Å². The third-order valence-corrected chi connectivity index (χ3v) is 5.29. The van der Waals surface area contributed by atoms with E-state index in [2.05, 4.69) is 10.2 Å². The van der Waals surface area contributed by atoms with E-state index in [0.29, 0.717) is 32.0 Å². The van der Waals surface area contributed by atoms with Gasteiger partial charge in [0, 0.05) is 18.7 Å². The van der Waals surface area contributed by atoms with Crippen molar-refractivity contribution in [2.24, 2.45) is 0 Å². The molecular formula is C18H18Cl3N3O. The van der Waals surface area contributed by atoms with Gasteiger partial charge in [0.25, 0.3) is 5.91 Å². The molecular weight excluding hydrogens is 381 g/mol. The van der Waals surface area contributed by atoms with Crippen molar-refractivity contribution < 1.29 is 4.79 Å². The van der Waals surface area contributed by atoms with Crippen LogP contribution in [-0.2, 0) is 0 Å². The van der Waals surface area contributed by atoms with E-state index >= 15 is 0 Å². The van der Waals surface area contributed by atoms with Crippen molar-refractivity contribution in [3.63, 3.8) is 0 Å². The van der Waals surface area contributed by atoms with Crippen LogP contribution >= 0.6 is 34.8 Å². The number of hydrogen-bond acceptors (Lipinski definition) is 3. The van der Waals surface area contributed by atoms with Crippen LogP contribution in [0.4, 0.5) is 17.1 Å². The number of carbonyl (C=O) groups excluding carboxylic acids is 1. The topological polar surface area (TPSA) is 58.4 Å². The largest absolute Gasteiger partial charge is 0.397 e. The molecule has 0 saturated carbocycles. The zero-order valence-corrected chi connectivity index (χ0v) is 15.8. The molecule has 0 aliphatic carbocycles. The summed E-state index contributed by atoms with van der Waals surface area (Å²) < 4.78 is 0. The molecule has 132 valence electrons. The van der Waals surface area contributed by atoms with Gasteiger partial charge in [-0.1, -0.05) is 34.8 Å². The summed E-state index contributed by atoms with van der Waals surface area (Å²) in [6.07, 6.45) is 3.49. The minimum absolute atomic E-state index is 0.310. The van der Waals surface area contributed by atoms with Crippen LogP contribution in [0.2, 0.25) is 15.1 Å². The first-order valence-corrected chi connectivity index (χ1v) is 9.19. The molecule has 4 nitrogen and oxygen atoms in total. The number of benzene rings is 2. The molecule has 3 N–H and O–H groups in total. The molecule has 1 heterocycles. The van der Waals surface area contributed by atoms with Gasteiger partial charge in [-0.05, 0) is 49.6 Å². The summed E-state index contributed by atoms with van der Waals surface area (Å²) in [7, 11) is 0. The molecule has 0 unspecified atom stereocenters. The third-order valence-electron chi connectivity index (χ3n) is 4.24. The number of amides is 1. The summed E-state index contributed by atoms with van der Waals surface area (Å²) in [6.45, 7) is 1.90. The molecule has 0 radical (unpaired) electrons. The van der Waals surface area contributed by atoms with Crippen molar-refractivity contribution in [1.29, 1.82) is 0 Å². The van der Waals surface area contributed by atoms with Crippen LogP contribution in [0.3, 0.4) is 0 Å². The second kappa shape index (κ2) is 7.73. The molecule has 0 bridgehead atoms. The van der Waals surface area contributed by atoms with Crippen molar-refractivity contribution >= 4 is 57.8 Å². The van der Waals surface area contributed by atoms with Crippen molar-refractivity contribution in [2.45, 2.75) is 19.3 Å². The summed E-state index contributed by atoms with van der Waals surface area (Å²) >= 11 is 18.1. The SMILES string of the molecule is Nc1cc(Cl)c(NC(=O)c2ccc(Cl)c(Cl)c2)cc1N1CCCCC1. The molecule has 1 amide bonds. The van der Waals surface area contributed by atoms with Gasteiger partial charge < -0.3 is 16.0 Å². The zero-order valence-electron chi connectivity index (χ0n) is 13.5. The van der Waals surface area contributed by atoms with Crippen LogP contribution in [0.1, 0.15) is 29.6 Å². The van der Waals surface area contributed by atoms with Gasteiger partial charge in [-0.15, -0.1) is 0 Å². The zero-order chi connectivity index (χ0) is 18.0. The second-order valence-corrected chi connectivity index (χ2v) is 7.24. The standard InChI is InChI=1S/C18H18Cl3N3O/c19-12-5-4-11(8-13(12)20)18(25)23-16-10-17(15(22)9-14(16)21)24-6-2-1-3-7-24/h4-5,8-10H,1-3,6-7,22H2,(H,23,25). The molecule has 1 fully saturated rings. The predicted molar refractivity (Wildman–Crippen MR) is 106 cm³/mol. The van der Waals surface area contributed by atoms with Crippen molar-refractivity contribution in [3.05, 3.63) is 51.0 Å². The fourth-order valence-electron chi connectivity index (χ4n) is 2.91. The molecule has 1 aliphatic rings. The third kappa shape index (κ3) is 4.14. The maximum Gasteiger partial charge on any atom is 0.255 e. The number of rotatable bonds is 3. The first-order valence-electron chi connectivity index (χ1n) is 8.06. The van der Waals surface area contributed by atoms with Crippen LogP contribution in [0.5, 0.6) is 0 Å². The van der Waals surface area contributed by atoms with Crippen molar-refractivity contribution in [3.8, 4) is 0 Å². The van der Waals surface area contributed by atoms with E-state index in [0.717, 1.165) is 31.6 Å². The molecule has 0 spiro atoms. The minimum atomic E-state index is -0.310. The smallest absolute Gasteiger partial charge is 0.255 e. The lowest BCUT2D eigenvalue weighted by Gasteiger charge is -2.30. The van der Waals surface area contributed by atoms with Gasteiger partial charge in [0.2, 0.25) is 0 Å². The maximum atomic E-state index is 12.5. The lowest BCUT2D eigenvalue weighted by atomic mass is 10.1. The fourth-order valence-corrected chi connectivity index (χ4v) is 3.43. The lowest BCUT2D eigenvalue weighted by molar-refractivity contribution is 0.102. The van der Waals surface area contributed by atoms with Gasteiger partial charge in [0.15, 0.2) is 0 Å². The molecule has 0 aromatic heterocycles. The Balaban J connectivity index is 1.86. The Morgan fingerprint density at radius 1 is 0.960 bits per heavy atom. The Bertz CT molecular complexity index is 804. The Hall–Kier alpha value is -1.62. The molecule has 0 atom stereocenters. The maximum absolute atomic E-state index is 12.5. The number of anilines is 3. The highest BCUT2D eigenvalue weighted by Crippen LogP contribution is 2.35. The van der Waals surface area contributed by atoms with Crippen molar-refractivity contribution in [2.75, 3.05) is 29.0 Å². The monoisotopic (exact) mass is 397 g/mol. The van der Waals surface area contributed by atoms with Gasteiger partial charge in [0.05, 0.1) is 32.1 Å². The summed E-state index contributed by atoms with van der Waals surface area (Å²) in [6, 6.07) is 8.23. The van der Waals surface area contributed by atoms with Crippen LogP contribution in [-0.4, -0.2) is 19.0 Å². The number of nitrogens with two attached hydrogens (primary N) is 1. The Morgan fingerprint density at radius 2 is 1.68 bits per heavy atom. The molecule has 2 aromatic rings. The Morgan fingerprint density at radius 3 is 2.36 bits per heavy atom. The van der Waals surface area contributed by atoms with Gasteiger partial charge >= 0.3 is 0 Å². The number of halogens is 3. The highest BCUT2D eigenvalue weighted by atomic mass is 35.5. The van der Waals surface area contributed by atoms with Crippen LogP contribution in [0.25, 0.3) is 0 Å². The lowest BCUT2D eigenvalue weighted by Crippen LogP contribution is -2.30. The number of hydrogen-bond donors (Lipinski definition) is 2. The van der Waals surface area contributed by atoms with Crippen molar-refractivity contribution in [1.82, 2.24) is 0 Å². The predicted octanol–water partition coefficient (Wildman–Crippen LogP) is 5.47. The molecule has 3 rings (SSSR count). The van der Waals surface area contributed by atoms with E-state index in [9.17, 15) is 4.79 Å². The van der Waals surface area contributed by atoms with Crippen LogP contribution < -0.4 is 16.0 Å².